The van der Waals surface area contributed by atoms with Crippen molar-refractivity contribution in [2.24, 2.45) is 0 Å². The van der Waals surface area contributed by atoms with Gasteiger partial charge in [0.2, 0.25) is 5.91 Å². The molecule has 1 aliphatic rings. The third-order valence-corrected chi connectivity index (χ3v) is 4.35. The van der Waals surface area contributed by atoms with Crippen molar-refractivity contribution in [3.63, 3.8) is 0 Å². The Morgan fingerprint density at radius 1 is 1.14 bits per heavy atom. The van der Waals surface area contributed by atoms with Crippen molar-refractivity contribution in [2.75, 3.05) is 10.2 Å². The molecule has 2 amide bonds. The Kier molecular flexibility index (Phi) is 4.35. The Balaban J connectivity index is 1.81. The summed E-state index contributed by atoms with van der Waals surface area (Å²) in [5.74, 6) is -0.485. The van der Waals surface area contributed by atoms with Crippen LogP contribution in [0.25, 0.3) is 0 Å². The number of rotatable bonds is 3. The molecule has 2 aromatic carbocycles. The first-order valence-electron chi connectivity index (χ1n) is 6.69. The SMILES string of the molecule is O=C1C[C@H](Nc2ccc(I)cc2)C(=O)N1c1cccc(Cl)c1. The summed E-state index contributed by atoms with van der Waals surface area (Å²) < 4.78 is 1.11. The van der Waals surface area contributed by atoms with Gasteiger partial charge in [-0.1, -0.05) is 17.7 Å². The van der Waals surface area contributed by atoms with Crippen molar-refractivity contribution < 1.29 is 9.59 Å². The van der Waals surface area contributed by atoms with Gasteiger partial charge in [-0.15, -0.1) is 0 Å². The van der Waals surface area contributed by atoms with Gasteiger partial charge in [0.1, 0.15) is 6.04 Å². The van der Waals surface area contributed by atoms with Crippen LogP contribution < -0.4 is 10.2 Å². The molecule has 3 rings (SSSR count). The summed E-state index contributed by atoms with van der Waals surface area (Å²) in [6.07, 6.45) is 0.136. The van der Waals surface area contributed by atoms with Gasteiger partial charge in [-0.3, -0.25) is 9.59 Å². The molecule has 22 heavy (non-hydrogen) atoms. The van der Waals surface area contributed by atoms with Crippen molar-refractivity contribution in [3.05, 3.63) is 57.1 Å². The molecule has 6 heteroatoms. The van der Waals surface area contributed by atoms with E-state index in [1.54, 1.807) is 24.3 Å². The average Bonchev–Trinajstić information content (AvgIpc) is 2.76. The predicted octanol–water partition coefficient (Wildman–Crippen LogP) is 3.69. The van der Waals surface area contributed by atoms with Crippen LogP contribution in [0.2, 0.25) is 5.02 Å². The van der Waals surface area contributed by atoms with Crippen molar-refractivity contribution in [1.82, 2.24) is 0 Å². The Morgan fingerprint density at radius 2 is 1.86 bits per heavy atom. The van der Waals surface area contributed by atoms with Crippen LogP contribution in [-0.2, 0) is 9.59 Å². The second-order valence-corrected chi connectivity index (χ2v) is 6.64. The number of nitrogens with zero attached hydrogens (tertiary/aromatic N) is 1. The van der Waals surface area contributed by atoms with Crippen molar-refractivity contribution in [1.29, 1.82) is 0 Å². The maximum absolute atomic E-state index is 12.5. The van der Waals surface area contributed by atoms with Gasteiger partial charge in [-0.05, 0) is 65.1 Å². The Morgan fingerprint density at radius 3 is 2.55 bits per heavy atom. The van der Waals surface area contributed by atoms with Gasteiger partial charge in [0.15, 0.2) is 0 Å². The Labute approximate surface area is 146 Å². The molecule has 0 aromatic heterocycles. The molecule has 1 heterocycles. The Bertz CT molecular complexity index is 733. The monoisotopic (exact) mass is 426 g/mol. The highest BCUT2D eigenvalue weighted by Gasteiger charge is 2.39. The van der Waals surface area contributed by atoms with Gasteiger partial charge in [-0.2, -0.15) is 0 Å². The number of halogens is 2. The molecular weight excluding hydrogens is 415 g/mol. The normalized spacial score (nSPS) is 17.9. The number of hydrogen-bond donors (Lipinski definition) is 1. The summed E-state index contributed by atoms with van der Waals surface area (Å²) in [5.41, 5.74) is 1.33. The molecule has 0 spiro atoms. The van der Waals surface area contributed by atoms with E-state index in [4.69, 9.17) is 11.6 Å². The molecule has 0 aliphatic carbocycles. The number of anilines is 2. The molecule has 1 saturated heterocycles. The molecular formula is C16H12ClIN2O2. The van der Waals surface area contributed by atoms with Gasteiger partial charge >= 0.3 is 0 Å². The molecule has 112 valence electrons. The number of benzene rings is 2. The summed E-state index contributed by atoms with van der Waals surface area (Å²) >= 11 is 8.15. The van der Waals surface area contributed by atoms with Gasteiger partial charge in [0.05, 0.1) is 12.1 Å². The Hall–Kier alpha value is -1.60. The quantitative estimate of drug-likeness (QED) is 0.602. The van der Waals surface area contributed by atoms with E-state index in [-0.39, 0.29) is 18.2 Å². The van der Waals surface area contributed by atoms with Gasteiger partial charge in [-0.25, -0.2) is 4.90 Å². The molecule has 1 atom stereocenters. The number of carbonyl (C=O) groups is 2. The summed E-state index contributed by atoms with van der Waals surface area (Å²) in [7, 11) is 0. The van der Waals surface area contributed by atoms with Crippen molar-refractivity contribution in [2.45, 2.75) is 12.5 Å². The number of imide groups is 1. The molecule has 2 aromatic rings. The van der Waals surface area contributed by atoms with E-state index >= 15 is 0 Å². The van der Waals surface area contributed by atoms with Crippen LogP contribution in [0.5, 0.6) is 0 Å². The molecule has 1 N–H and O–H groups in total. The van der Waals surface area contributed by atoms with E-state index in [1.807, 2.05) is 24.3 Å². The minimum Gasteiger partial charge on any atom is -0.373 e. The van der Waals surface area contributed by atoms with E-state index in [9.17, 15) is 9.59 Å². The average molecular weight is 427 g/mol. The number of amides is 2. The zero-order valence-electron chi connectivity index (χ0n) is 11.4. The van der Waals surface area contributed by atoms with Gasteiger partial charge in [0.25, 0.3) is 5.91 Å². The lowest BCUT2D eigenvalue weighted by Gasteiger charge is -2.16. The van der Waals surface area contributed by atoms with Crippen LogP contribution >= 0.6 is 34.2 Å². The van der Waals surface area contributed by atoms with E-state index in [1.165, 1.54) is 4.90 Å². The molecule has 0 saturated carbocycles. The minimum atomic E-state index is -0.549. The fraction of sp³-hybridized carbons (Fsp3) is 0.125. The van der Waals surface area contributed by atoms with Crippen LogP contribution in [0.15, 0.2) is 48.5 Å². The first-order chi connectivity index (χ1) is 10.5. The number of nitrogens with one attached hydrogen (secondary N) is 1. The first-order valence-corrected chi connectivity index (χ1v) is 8.15. The standard InChI is InChI=1S/C16H12ClIN2O2/c17-10-2-1-3-13(8-10)20-15(21)9-14(16(20)22)19-12-6-4-11(18)5-7-12/h1-8,14,19H,9H2/t14-/m0/s1. The third-order valence-electron chi connectivity index (χ3n) is 3.40. The maximum atomic E-state index is 12.5. The summed E-state index contributed by atoms with van der Waals surface area (Å²) in [6, 6.07) is 13.9. The smallest absolute Gasteiger partial charge is 0.256 e. The van der Waals surface area contributed by atoms with Crippen molar-refractivity contribution >= 4 is 57.4 Å². The van der Waals surface area contributed by atoms with E-state index in [0.29, 0.717) is 10.7 Å². The van der Waals surface area contributed by atoms with E-state index in [0.717, 1.165) is 9.26 Å². The van der Waals surface area contributed by atoms with Crippen LogP contribution in [0, 0.1) is 3.57 Å². The largest absolute Gasteiger partial charge is 0.373 e. The maximum Gasteiger partial charge on any atom is 0.256 e. The highest BCUT2D eigenvalue weighted by Crippen LogP contribution is 2.27. The molecule has 0 radical (unpaired) electrons. The zero-order valence-corrected chi connectivity index (χ0v) is 14.3. The summed E-state index contributed by atoms with van der Waals surface area (Å²) in [5, 5.41) is 3.61. The summed E-state index contributed by atoms with van der Waals surface area (Å²) in [4.78, 5) is 25.9. The second kappa shape index (κ2) is 6.26. The molecule has 0 bridgehead atoms. The molecule has 1 aliphatic heterocycles. The lowest BCUT2D eigenvalue weighted by Crippen LogP contribution is -2.34. The molecule has 1 fully saturated rings. The lowest BCUT2D eigenvalue weighted by atomic mass is 10.2. The highest BCUT2D eigenvalue weighted by atomic mass is 127. The predicted molar refractivity (Wildman–Crippen MR) is 95.1 cm³/mol. The van der Waals surface area contributed by atoms with Gasteiger partial charge in [0, 0.05) is 14.3 Å². The van der Waals surface area contributed by atoms with Crippen LogP contribution in [0.1, 0.15) is 6.42 Å². The van der Waals surface area contributed by atoms with E-state index < -0.39 is 6.04 Å². The van der Waals surface area contributed by atoms with Crippen molar-refractivity contribution in [3.8, 4) is 0 Å². The van der Waals surface area contributed by atoms with E-state index in [2.05, 4.69) is 27.9 Å². The zero-order chi connectivity index (χ0) is 15.7. The van der Waals surface area contributed by atoms with Crippen LogP contribution in [0.4, 0.5) is 11.4 Å². The fourth-order valence-corrected chi connectivity index (χ4v) is 2.92. The van der Waals surface area contributed by atoms with Gasteiger partial charge < -0.3 is 5.32 Å². The lowest BCUT2D eigenvalue weighted by molar-refractivity contribution is -0.121. The van der Waals surface area contributed by atoms with Crippen LogP contribution in [-0.4, -0.2) is 17.9 Å². The molecule has 0 unspecified atom stereocenters. The second-order valence-electron chi connectivity index (χ2n) is 4.96. The number of carbonyl (C=O) groups excluding carboxylic acids is 2. The molecule has 4 nitrogen and oxygen atoms in total. The van der Waals surface area contributed by atoms with Crippen LogP contribution in [0.3, 0.4) is 0 Å². The minimum absolute atomic E-state index is 0.136. The summed E-state index contributed by atoms with van der Waals surface area (Å²) in [6.45, 7) is 0. The topological polar surface area (TPSA) is 49.4 Å². The number of hydrogen-bond acceptors (Lipinski definition) is 3. The third kappa shape index (κ3) is 3.10. The fourth-order valence-electron chi connectivity index (χ4n) is 2.38. The first kappa shape index (κ1) is 15.3. The highest BCUT2D eigenvalue weighted by molar-refractivity contribution is 14.1.